The van der Waals surface area contributed by atoms with E-state index in [2.05, 4.69) is 27.5 Å². The Balaban J connectivity index is 1.69. The number of anilines is 1. The molecule has 0 unspecified atom stereocenters. The van der Waals surface area contributed by atoms with Gasteiger partial charge in [-0.05, 0) is 54.3 Å². The van der Waals surface area contributed by atoms with Crippen LogP contribution in [0.2, 0.25) is 5.02 Å². The molecule has 1 aromatic heterocycles. The quantitative estimate of drug-likeness (QED) is 0.382. The number of urea groups is 1. The predicted octanol–water partition coefficient (Wildman–Crippen LogP) is 6.06. The lowest BCUT2D eigenvalue weighted by molar-refractivity contribution is 0.252. The molecule has 3 rings (SSSR count). The highest BCUT2D eigenvalue weighted by atomic mass is 35.5. The van der Waals surface area contributed by atoms with E-state index in [4.69, 9.17) is 11.6 Å². The van der Waals surface area contributed by atoms with Crippen LogP contribution in [0, 0.1) is 6.92 Å². The third-order valence-corrected chi connectivity index (χ3v) is 5.23. The van der Waals surface area contributed by atoms with Crippen molar-refractivity contribution in [3.05, 3.63) is 47.1 Å². The number of fused-ring (bicyclic) bond motifs is 1. The maximum absolute atomic E-state index is 12.1. The van der Waals surface area contributed by atoms with E-state index in [0.29, 0.717) is 28.5 Å². The second kappa shape index (κ2) is 10.3. The molecule has 0 aliphatic heterocycles. The van der Waals surface area contributed by atoms with Gasteiger partial charge in [-0.2, -0.15) is 0 Å². The molecule has 30 heavy (non-hydrogen) atoms. The average Bonchev–Trinajstić information content (AvgIpc) is 2.73. The van der Waals surface area contributed by atoms with Crippen molar-refractivity contribution in [3.63, 3.8) is 0 Å². The lowest BCUT2D eigenvalue weighted by Gasteiger charge is -2.09. The summed E-state index contributed by atoms with van der Waals surface area (Å²) in [6, 6.07) is 8.99. The van der Waals surface area contributed by atoms with Crippen molar-refractivity contribution >= 4 is 34.5 Å². The number of carbonyl (C=O) groups is 1. The number of hydrogen-bond donors (Lipinski definition) is 3. The Morgan fingerprint density at radius 1 is 1.07 bits per heavy atom. The van der Waals surface area contributed by atoms with Gasteiger partial charge < -0.3 is 10.4 Å². The molecule has 0 fully saturated rings. The number of benzene rings is 2. The van der Waals surface area contributed by atoms with E-state index in [1.807, 2.05) is 24.3 Å². The van der Waals surface area contributed by atoms with Crippen LogP contribution >= 0.6 is 11.6 Å². The largest absolute Gasteiger partial charge is 0.506 e. The molecule has 0 spiro atoms. The van der Waals surface area contributed by atoms with Crippen molar-refractivity contribution in [2.75, 3.05) is 11.9 Å². The standard InChI is InChI=1S/C23H27ClN4O2/c1-3-4-5-6-7-10-25-23(30)28-21-14-26-19-9-8-16(13-20(19)27-21)17-11-15(2)22(29)18(24)12-17/h8-9,11-14,29H,3-7,10H2,1-2H3,(H2,25,27,28,30). The molecule has 2 aromatic carbocycles. The zero-order valence-electron chi connectivity index (χ0n) is 17.3. The van der Waals surface area contributed by atoms with E-state index < -0.39 is 0 Å². The van der Waals surface area contributed by atoms with Gasteiger partial charge in [0.2, 0.25) is 0 Å². The first-order valence-corrected chi connectivity index (χ1v) is 10.7. The minimum Gasteiger partial charge on any atom is -0.506 e. The van der Waals surface area contributed by atoms with E-state index >= 15 is 0 Å². The molecule has 0 saturated heterocycles. The van der Waals surface area contributed by atoms with Crippen LogP contribution < -0.4 is 10.6 Å². The van der Waals surface area contributed by atoms with Crippen LogP contribution in [0.25, 0.3) is 22.2 Å². The number of aryl methyl sites for hydroxylation is 1. The third kappa shape index (κ3) is 5.60. The summed E-state index contributed by atoms with van der Waals surface area (Å²) in [5, 5.41) is 15.8. The molecule has 6 nitrogen and oxygen atoms in total. The number of carbonyl (C=O) groups excluding carboxylic acids is 1. The first kappa shape index (κ1) is 21.8. The van der Waals surface area contributed by atoms with Crippen molar-refractivity contribution in [3.8, 4) is 16.9 Å². The highest BCUT2D eigenvalue weighted by Gasteiger charge is 2.09. The number of aromatic hydroxyl groups is 1. The van der Waals surface area contributed by atoms with E-state index in [1.165, 1.54) is 19.3 Å². The van der Waals surface area contributed by atoms with Crippen LogP contribution in [0.4, 0.5) is 10.6 Å². The number of phenolic OH excluding ortho intramolecular Hbond substituents is 1. The fraction of sp³-hybridized carbons (Fsp3) is 0.348. The van der Waals surface area contributed by atoms with Gasteiger partial charge in [-0.25, -0.2) is 9.78 Å². The summed E-state index contributed by atoms with van der Waals surface area (Å²) in [7, 11) is 0. The molecule has 0 aliphatic carbocycles. The predicted molar refractivity (Wildman–Crippen MR) is 122 cm³/mol. The Bertz CT molecular complexity index is 1020. The molecule has 7 heteroatoms. The number of amides is 2. The van der Waals surface area contributed by atoms with Crippen molar-refractivity contribution in [1.82, 2.24) is 15.3 Å². The highest BCUT2D eigenvalue weighted by Crippen LogP contribution is 2.33. The molecule has 0 saturated carbocycles. The van der Waals surface area contributed by atoms with Gasteiger partial charge in [-0.3, -0.25) is 10.3 Å². The van der Waals surface area contributed by atoms with Crippen molar-refractivity contribution in [1.29, 1.82) is 0 Å². The first-order valence-electron chi connectivity index (χ1n) is 10.3. The van der Waals surface area contributed by atoms with E-state index in [1.54, 1.807) is 19.2 Å². The van der Waals surface area contributed by atoms with Gasteiger partial charge in [-0.15, -0.1) is 0 Å². The van der Waals surface area contributed by atoms with Crippen molar-refractivity contribution in [2.24, 2.45) is 0 Å². The minimum atomic E-state index is -0.281. The second-order valence-corrected chi connectivity index (χ2v) is 7.78. The topological polar surface area (TPSA) is 87.1 Å². The number of aromatic nitrogens is 2. The number of hydrogen-bond acceptors (Lipinski definition) is 4. The Morgan fingerprint density at radius 3 is 2.63 bits per heavy atom. The first-order chi connectivity index (χ1) is 14.5. The maximum atomic E-state index is 12.1. The molecule has 3 N–H and O–H groups in total. The molecule has 0 radical (unpaired) electrons. The number of unbranched alkanes of at least 4 members (excludes halogenated alkanes) is 4. The lowest BCUT2D eigenvalue weighted by Crippen LogP contribution is -2.29. The maximum Gasteiger partial charge on any atom is 0.320 e. The SMILES string of the molecule is CCCCCCCNC(=O)Nc1cnc2ccc(-c3cc(C)c(O)c(Cl)c3)cc2n1. The van der Waals surface area contributed by atoms with Gasteiger partial charge in [0.1, 0.15) is 5.75 Å². The summed E-state index contributed by atoms with van der Waals surface area (Å²) in [6.07, 6.45) is 7.27. The van der Waals surface area contributed by atoms with Crippen LogP contribution in [-0.4, -0.2) is 27.7 Å². The third-order valence-electron chi connectivity index (χ3n) is 4.94. The fourth-order valence-electron chi connectivity index (χ4n) is 3.25. The molecule has 158 valence electrons. The van der Waals surface area contributed by atoms with E-state index in [0.717, 1.165) is 29.5 Å². The van der Waals surface area contributed by atoms with Crippen LogP contribution in [0.1, 0.15) is 44.6 Å². The summed E-state index contributed by atoms with van der Waals surface area (Å²) < 4.78 is 0. The van der Waals surface area contributed by atoms with Crippen LogP contribution in [-0.2, 0) is 0 Å². The smallest absolute Gasteiger partial charge is 0.320 e. The Morgan fingerprint density at radius 2 is 1.87 bits per heavy atom. The van der Waals surface area contributed by atoms with Crippen LogP contribution in [0.5, 0.6) is 5.75 Å². The molecular formula is C23H27ClN4O2. The molecule has 0 aliphatic rings. The van der Waals surface area contributed by atoms with Gasteiger partial charge >= 0.3 is 6.03 Å². The number of nitrogens with one attached hydrogen (secondary N) is 2. The molecule has 0 bridgehead atoms. The van der Waals surface area contributed by atoms with E-state index in [-0.39, 0.29) is 11.8 Å². The molecule has 1 heterocycles. The Labute approximate surface area is 181 Å². The van der Waals surface area contributed by atoms with Crippen molar-refractivity contribution < 1.29 is 9.90 Å². The Kier molecular flexibility index (Phi) is 7.46. The second-order valence-electron chi connectivity index (χ2n) is 7.38. The minimum absolute atomic E-state index is 0.0869. The number of halogens is 1. The van der Waals surface area contributed by atoms with Gasteiger partial charge in [0.05, 0.1) is 22.3 Å². The molecule has 0 atom stereocenters. The zero-order chi connectivity index (χ0) is 21.5. The summed E-state index contributed by atoms with van der Waals surface area (Å²) >= 11 is 6.11. The molecule has 3 aromatic rings. The molecular weight excluding hydrogens is 400 g/mol. The van der Waals surface area contributed by atoms with Gasteiger partial charge in [0.25, 0.3) is 0 Å². The fourth-order valence-corrected chi connectivity index (χ4v) is 3.51. The van der Waals surface area contributed by atoms with Crippen LogP contribution in [0.3, 0.4) is 0 Å². The monoisotopic (exact) mass is 426 g/mol. The van der Waals surface area contributed by atoms with Crippen LogP contribution in [0.15, 0.2) is 36.5 Å². The van der Waals surface area contributed by atoms with Gasteiger partial charge in [0, 0.05) is 6.54 Å². The number of rotatable bonds is 8. The van der Waals surface area contributed by atoms with E-state index in [9.17, 15) is 9.90 Å². The average molecular weight is 427 g/mol. The summed E-state index contributed by atoms with van der Waals surface area (Å²) in [5.41, 5.74) is 3.85. The molecule has 2 amide bonds. The number of phenols is 1. The van der Waals surface area contributed by atoms with Gasteiger partial charge in [-0.1, -0.05) is 50.3 Å². The summed E-state index contributed by atoms with van der Waals surface area (Å²) in [5.74, 6) is 0.479. The van der Waals surface area contributed by atoms with Gasteiger partial charge in [0.15, 0.2) is 5.82 Å². The summed E-state index contributed by atoms with van der Waals surface area (Å²) in [6.45, 7) is 4.62. The Hall–Kier alpha value is -2.86. The highest BCUT2D eigenvalue weighted by molar-refractivity contribution is 6.32. The number of nitrogens with zero attached hydrogens (tertiary/aromatic N) is 2. The zero-order valence-corrected chi connectivity index (χ0v) is 18.1. The normalized spacial score (nSPS) is 10.9. The lowest BCUT2D eigenvalue weighted by atomic mass is 10.0. The summed E-state index contributed by atoms with van der Waals surface area (Å²) in [4.78, 5) is 21.0. The van der Waals surface area contributed by atoms with Crippen molar-refractivity contribution in [2.45, 2.75) is 46.0 Å².